The van der Waals surface area contributed by atoms with Gasteiger partial charge in [0.05, 0.1) is 17.0 Å². The van der Waals surface area contributed by atoms with Gasteiger partial charge in [-0.3, -0.25) is 4.79 Å². The first kappa shape index (κ1) is 14.7. The van der Waals surface area contributed by atoms with Crippen molar-refractivity contribution >= 4 is 5.91 Å². The van der Waals surface area contributed by atoms with E-state index in [9.17, 15) is 4.79 Å². The summed E-state index contributed by atoms with van der Waals surface area (Å²) in [6, 6.07) is 1.81. The number of hydrogen-bond donors (Lipinski definition) is 2. The van der Waals surface area contributed by atoms with Crippen molar-refractivity contribution in [3.05, 3.63) is 34.7 Å². The lowest BCUT2D eigenvalue weighted by Crippen LogP contribution is -2.28. The molecule has 0 radical (unpaired) electrons. The SMILES string of the molecule is CCc1nnc(C)cc1C(=O)NCCC1=CCNCC1. The number of carbonyl (C=O) groups excluding carboxylic acids is 1. The van der Waals surface area contributed by atoms with Crippen molar-refractivity contribution in [1.82, 2.24) is 20.8 Å². The standard InChI is InChI=1S/C15H22N4O/c1-3-14-13(10-11(2)18-19-14)15(20)17-9-6-12-4-7-16-8-5-12/h4,10,16H,3,5-9H2,1-2H3,(H,17,20). The Morgan fingerprint density at radius 3 is 3.00 bits per heavy atom. The lowest BCUT2D eigenvalue weighted by atomic mass is 10.1. The lowest BCUT2D eigenvalue weighted by Gasteiger charge is -2.14. The summed E-state index contributed by atoms with van der Waals surface area (Å²) in [5.41, 5.74) is 3.60. The molecule has 0 aromatic carbocycles. The van der Waals surface area contributed by atoms with E-state index in [0.717, 1.165) is 37.3 Å². The van der Waals surface area contributed by atoms with Gasteiger partial charge in [-0.15, -0.1) is 0 Å². The van der Waals surface area contributed by atoms with Crippen molar-refractivity contribution in [2.75, 3.05) is 19.6 Å². The van der Waals surface area contributed by atoms with E-state index in [1.165, 1.54) is 5.57 Å². The molecule has 5 nitrogen and oxygen atoms in total. The Balaban J connectivity index is 1.91. The van der Waals surface area contributed by atoms with Crippen LogP contribution < -0.4 is 10.6 Å². The molecule has 0 atom stereocenters. The van der Waals surface area contributed by atoms with E-state index < -0.39 is 0 Å². The molecule has 1 amide bonds. The van der Waals surface area contributed by atoms with Crippen LogP contribution in [0.25, 0.3) is 0 Å². The molecule has 0 saturated carbocycles. The minimum Gasteiger partial charge on any atom is -0.352 e. The lowest BCUT2D eigenvalue weighted by molar-refractivity contribution is 0.0952. The molecule has 5 heteroatoms. The number of nitrogens with zero attached hydrogens (tertiary/aromatic N) is 2. The van der Waals surface area contributed by atoms with Gasteiger partial charge in [0.2, 0.25) is 0 Å². The number of aryl methyl sites for hydroxylation is 2. The predicted molar refractivity (Wildman–Crippen MR) is 78.7 cm³/mol. The fraction of sp³-hybridized carbons (Fsp3) is 0.533. The normalized spacial score (nSPS) is 14.8. The molecule has 1 aliphatic heterocycles. The van der Waals surface area contributed by atoms with E-state index >= 15 is 0 Å². The van der Waals surface area contributed by atoms with Crippen LogP contribution in [0.2, 0.25) is 0 Å². The number of rotatable bonds is 5. The van der Waals surface area contributed by atoms with Crippen LogP contribution in [0.5, 0.6) is 0 Å². The number of aromatic nitrogens is 2. The molecule has 1 aromatic rings. The zero-order valence-corrected chi connectivity index (χ0v) is 12.2. The summed E-state index contributed by atoms with van der Waals surface area (Å²) in [4.78, 5) is 12.2. The van der Waals surface area contributed by atoms with Gasteiger partial charge in [-0.05, 0) is 38.8 Å². The van der Waals surface area contributed by atoms with Crippen LogP contribution in [-0.4, -0.2) is 35.7 Å². The van der Waals surface area contributed by atoms with Gasteiger partial charge in [0.25, 0.3) is 5.91 Å². The summed E-state index contributed by atoms with van der Waals surface area (Å²) < 4.78 is 0. The molecule has 20 heavy (non-hydrogen) atoms. The maximum atomic E-state index is 12.2. The summed E-state index contributed by atoms with van der Waals surface area (Å²) in [5, 5.41) is 14.3. The monoisotopic (exact) mass is 274 g/mol. The molecule has 0 aliphatic carbocycles. The van der Waals surface area contributed by atoms with E-state index in [2.05, 4.69) is 26.9 Å². The third-order valence-corrected chi connectivity index (χ3v) is 3.46. The number of carbonyl (C=O) groups is 1. The molecule has 1 aromatic heterocycles. The molecule has 0 fully saturated rings. The van der Waals surface area contributed by atoms with Gasteiger partial charge in [0.1, 0.15) is 0 Å². The van der Waals surface area contributed by atoms with Crippen molar-refractivity contribution in [3.8, 4) is 0 Å². The molecule has 2 N–H and O–H groups in total. The summed E-state index contributed by atoms with van der Waals surface area (Å²) in [6.45, 7) is 6.48. The minimum absolute atomic E-state index is 0.0469. The highest BCUT2D eigenvalue weighted by Crippen LogP contribution is 2.10. The predicted octanol–water partition coefficient (Wildman–Crippen LogP) is 1.39. The Morgan fingerprint density at radius 2 is 2.30 bits per heavy atom. The highest BCUT2D eigenvalue weighted by Gasteiger charge is 2.12. The second kappa shape index (κ2) is 7.14. The van der Waals surface area contributed by atoms with E-state index in [1.54, 1.807) is 0 Å². The molecule has 108 valence electrons. The van der Waals surface area contributed by atoms with Gasteiger partial charge < -0.3 is 10.6 Å². The summed E-state index contributed by atoms with van der Waals surface area (Å²) >= 11 is 0. The zero-order valence-electron chi connectivity index (χ0n) is 12.2. The average molecular weight is 274 g/mol. The topological polar surface area (TPSA) is 66.9 Å². The average Bonchev–Trinajstić information content (AvgIpc) is 2.48. The van der Waals surface area contributed by atoms with Gasteiger partial charge in [0, 0.05) is 13.1 Å². The van der Waals surface area contributed by atoms with E-state index in [1.807, 2.05) is 19.9 Å². The maximum absolute atomic E-state index is 12.2. The van der Waals surface area contributed by atoms with E-state index in [0.29, 0.717) is 18.5 Å². The molecule has 0 spiro atoms. The van der Waals surface area contributed by atoms with E-state index in [-0.39, 0.29) is 5.91 Å². The highest BCUT2D eigenvalue weighted by atomic mass is 16.1. The molecule has 2 rings (SSSR count). The first-order valence-corrected chi connectivity index (χ1v) is 7.20. The van der Waals surface area contributed by atoms with Crippen LogP contribution in [0.4, 0.5) is 0 Å². The molecule has 1 aliphatic rings. The van der Waals surface area contributed by atoms with Crippen LogP contribution in [0.15, 0.2) is 17.7 Å². The summed E-state index contributed by atoms with van der Waals surface area (Å²) in [6.07, 6.45) is 4.93. The van der Waals surface area contributed by atoms with Gasteiger partial charge >= 0.3 is 0 Å². The Bertz CT molecular complexity index is 511. The highest BCUT2D eigenvalue weighted by molar-refractivity contribution is 5.95. The first-order chi connectivity index (χ1) is 9.70. The van der Waals surface area contributed by atoms with Crippen LogP contribution in [0.1, 0.15) is 41.5 Å². The number of hydrogen-bond acceptors (Lipinski definition) is 4. The molecule has 0 bridgehead atoms. The van der Waals surface area contributed by atoms with Crippen molar-refractivity contribution in [2.45, 2.75) is 33.1 Å². The fourth-order valence-corrected chi connectivity index (χ4v) is 2.30. The maximum Gasteiger partial charge on any atom is 0.253 e. The van der Waals surface area contributed by atoms with Crippen LogP contribution in [0.3, 0.4) is 0 Å². The van der Waals surface area contributed by atoms with E-state index in [4.69, 9.17) is 0 Å². The van der Waals surface area contributed by atoms with Crippen LogP contribution in [-0.2, 0) is 6.42 Å². The minimum atomic E-state index is -0.0469. The van der Waals surface area contributed by atoms with Crippen LogP contribution in [0, 0.1) is 6.92 Å². The van der Waals surface area contributed by atoms with Gasteiger partial charge in [0.15, 0.2) is 0 Å². The third kappa shape index (κ3) is 3.87. The van der Waals surface area contributed by atoms with Crippen LogP contribution >= 0.6 is 0 Å². The van der Waals surface area contributed by atoms with Gasteiger partial charge in [-0.1, -0.05) is 18.6 Å². The van der Waals surface area contributed by atoms with Crippen molar-refractivity contribution in [3.63, 3.8) is 0 Å². The van der Waals surface area contributed by atoms with Crippen molar-refractivity contribution in [2.24, 2.45) is 0 Å². The Morgan fingerprint density at radius 1 is 1.45 bits per heavy atom. The van der Waals surface area contributed by atoms with Gasteiger partial charge in [-0.2, -0.15) is 10.2 Å². The molecule has 0 unspecified atom stereocenters. The quantitative estimate of drug-likeness (QED) is 0.796. The van der Waals surface area contributed by atoms with Gasteiger partial charge in [-0.25, -0.2) is 0 Å². The number of nitrogens with one attached hydrogen (secondary N) is 2. The molecule has 2 heterocycles. The molecule has 0 saturated heterocycles. The summed E-state index contributed by atoms with van der Waals surface area (Å²) in [7, 11) is 0. The van der Waals surface area contributed by atoms with Crippen molar-refractivity contribution < 1.29 is 4.79 Å². The Kier molecular flexibility index (Phi) is 5.24. The fourth-order valence-electron chi connectivity index (χ4n) is 2.30. The second-order valence-corrected chi connectivity index (χ2v) is 5.02. The Hall–Kier alpha value is -1.75. The molecular formula is C15H22N4O. The third-order valence-electron chi connectivity index (χ3n) is 3.46. The second-order valence-electron chi connectivity index (χ2n) is 5.02. The first-order valence-electron chi connectivity index (χ1n) is 7.20. The smallest absolute Gasteiger partial charge is 0.253 e. The Labute approximate surface area is 119 Å². The number of amides is 1. The summed E-state index contributed by atoms with van der Waals surface area (Å²) in [5.74, 6) is -0.0469. The van der Waals surface area contributed by atoms with Crippen molar-refractivity contribution in [1.29, 1.82) is 0 Å². The molecular weight excluding hydrogens is 252 g/mol. The largest absolute Gasteiger partial charge is 0.352 e. The zero-order chi connectivity index (χ0) is 14.4.